The molecule has 84 heavy (non-hydrogen) atoms. The van der Waals surface area contributed by atoms with E-state index in [1.807, 2.05) is 47.7 Å². The van der Waals surface area contributed by atoms with Gasteiger partial charge in [0.25, 0.3) is 0 Å². The van der Waals surface area contributed by atoms with Crippen LogP contribution in [0.15, 0.2) is 169 Å². The maximum Gasteiger partial charge on any atom is 0.488 e. The van der Waals surface area contributed by atoms with E-state index in [4.69, 9.17) is 0 Å². The lowest BCUT2D eigenvalue weighted by Gasteiger charge is -2.38. The molecular formula is C69H80B2N5O6SSi+. The van der Waals surface area contributed by atoms with Crippen LogP contribution in [0.2, 0.25) is 13.1 Å². The van der Waals surface area contributed by atoms with Gasteiger partial charge in [-0.2, -0.15) is 0 Å². The Morgan fingerprint density at radius 3 is 1.83 bits per heavy atom. The molecule has 1 aliphatic heterocycles. The van der Waals surface area contributed by atoms with Crippen LogP contribution in [-0.2, 0) is 35.8 Å². The molecule has 0 atom stereocenters. The number of unbranched alkanes of at least 4 members (excludes halogenated alkanes) is 1. The lowest BCUT2D eigenvalue weighted by Crippen LogP contribution is -2.49. The molecule has 2 aliphatic rings. The first-order valence-electron chi connectivity index (χ1n) is 29.2. The number of carbonyl (C=O) groups is 2. The number of ketones is 1. The zero-order valence-electron chi connectivity index (χ0n) is 50.4. The fraction of sp³-hybridized carbons (Fsp3) is 0.290. The Kier molecular flexibility index (Phi) is 19.4. The molecule has 0 spiro atoms. The van der Waals surface area contributed by atoms with Gasteiger partial charge in [0.2, 0.25) is 5.91 Å². The maximum atomic E-state index is 12.8. The van der Waals surface area contributed by atoms with E-state index in [-0.39, 0.29) is 11.7 Å². The minimum Gasteiger partial charge on any atom is -0.423 e. The number of thiophene rings is 1. The first-order valence-corrected chi connectivity index (χ1v) is 33.0. The van der Waals surface area contributed by atoms with Gasteiger partial charge in [-0.3, -0.25) is 19.4 Å². The molecule has 0 fully saturated rings. The second-order valence-electron chi connectivity index (χ2n) is 23.7. The molecule has 9 rings (SSSR count). The summed E-state index contributed by atoms with van der Waals surface area (Å²) in [7, 11) is 2.96. The smallest absolute Gasteiger partial charge is 0.423 e. The Morgan fingerprint density at radius 1 is 0.667 bits per heavy atom. The third-order valence-electron chi connectivity index (χ3n) is 16.8. The molecule has 0 saturated carbocycles. The number of carbonyl (C=O) groups excluding carboxylic acids is 2. The summed E-state index contributed by atoms with van der Waals surface area (Å²) in [6.45, 7) is 22.0. The lowest BCUT2D eigenvalue weighted by atomic mass is 9.77. The maximum absolute atomic E-state index is 12.8. The van der Waals surface area contributed by atoms with Crippen LogP contribution in [0.1, 0.15) is 77.8 Å². The van der Waals surface area contributed by atoms with Crippen LogP contribution in [0.4, 0.5) is 5.69 Å². The summed E-state index contributed by atoms with van der Waals surface area (Å²) >= 11 is 1.81. The first-order chi connectivity index (χ1) is 40.1. The van der Waals surface area contributed by atoms with Gasteiger partial charge in [0.1, 0.15) is 22.2 Å². The number of amides is 1. The van der Waals surface area contributed by atoms with E-state index in [0.717, 1.165) is 60.7 Å². The van der Waals surface area contributed by atoms with Crippen molar-refractivity contribution in [3.05, 3.63) is 207 Å². The monoisotopic (exact) mass is 1160 g/mol. The van der Waals surface area contributed by atoms with E-state index in [2.05, 4.69) is 171 Å². The van der Waals surface area contributed by atoms with Crippen LogP contribution in [0.25, 0.3) is 37.6 Å². The number of allylic oxidation sites excluding steroid dienone is 6. The second-order valence-corrected chi connectivity index (χ2v) is 29.3. The predicted octanol–water partition coefficient (Wildman–Crippen LogP) is 9.34. The van der Waals surface area contributed by atoms with Crippen molar-refractivity contribution in [3.8, 4) is 10.4 Å². The van der Waals surface area contributed by atoms with Gasteiger partial charge in [-0.1, -0.05) is 117 Å². The van der Waals surface area contributed by atoms with Gasteiger partial charge in [-0.05, 0) is 175 Å². The molecule has 432 valence electrons. The molecular weight excluding hydrogens is 1080 g/mol. The molecule has 0 saturated heterocycles. The number of nitrogens with one attached hydrogen (secondary N) is 1. The fourth-order valence-electron chi connectivity index (χ4n) is 12.1. The number of fused-ring (bicyclic) bond motifs is 4. The van der Waals surface area contributed by atoms with Gasteiger partial charge >= 0.3 is 14.2 Å². The highest BCUT2D eigenvalue weighted by molar-refractivity contribution is 7.15. The van der Waals surface area contributed by atoms with E-state index in [9.17, 15) is 29.7 Å². The summed E-state index contributed by atoms with van der Waals surface area (Å²) in [6, 6.07) is 39.8. The Bertz CT molecular complexity index is 3830. The van der Waals surface area contributed by atoms with Crippen molar-refractivity contribution in [1.82, 2.24) is 15.1 Å². The molecule has 0 bridgehead atoms. The average Bonchev–Trinajstić information content (AvgIpc) is 1.13. The lowest BCUT2D eigenvalue weighted by molar-refractivity contribution is -0.462. The number of anilines is 1. The minimum absolute atomic E-state index is 0.0574. The summed E-state index contributed by atoms with van der Waals surface area (Å²) in [6.07, 6.45) is 9.49. The number of Topliss-reactive ketones (excluding diaryl/α,β-unsaturated/α-hetero) is 1. The molecule has 1 aromatic heterocycles. The van der Waals surface area contributed by atoms with E-state index in [0.29, 0.717) is 87.1 Å². The number of nitrogens with zero attached hydrogens (tertiary/aromatic N) is 4. The highest BCUT2D eigenvalue weighted by atomic mass is 32.1. The van der Waals surface area contributed by atoms with Crippen LogP contribution in [-0.4, -0.2) is 122 Å². The average molecular weight is 1160 g/mol. The van der Waals surface area contributed by atoms with Gasteiger partial charge in [-0.15, -0.1) is 11.3 Å². The Balaban J connectivity index is 1.23. The normalized spacial score (nSPS) is 13.6. The Labute approximate surface area is 502 Å². The summed E-state index contributed by atoms with van der Waals surface area (Å²) < 4.78 is 2.20. The number of hydrogen-bond donors (Lipinski definition) is 5. The van der Waals surface area contributed by atoms with Gasteiger partial charge in [0.15, 0.2) is 11.5 Å². The SMILES string of the molecule is C=C(C)C(=O)CCCCN(Cc1ccccc1B(O)O)Cc1c2ccccc2c(CN(CCCNC(=O)C(=C)C)Cc2ccccc2B(O)O)c2ccc(-c3cc(C4=C5C=CC(=[N+](C)C)C=C5[Si](C)(C)c5cc(N(C)C)ccc54)c(C)s3)cc12. The van der Waals surface area contributed by atoms with Crippen LogP contribution in [0.3, 0.4) is 0 Å². The van der Waals surface area contributed by atoms with Crippen LogP contribution in [0, 0.1) is 6.92 Å². The third-order valence-corrected chi connectivity index (χ3v) is 21.4. The second kappa shape index (κ2) is 26.5. The van der Waals surface area contributed by atoms with E-state index in [1.54, 1.807) is 26.0 Å². The topological polar surface area (TPSA) is 140 Å². The summed E-state index contributed by atoms with van der Waals surface area (Å²) in [5.74, 6) is -0.131. The van der Waals surface area contributed by atoms with E-state index in [1.165, 1.54) is 48.9 Å². The molecule has 5 N–H and O–H groups in total. The molecule has 2 heterocycles. The molecule has 11 nitrogen and oxygen atoms in total. The zero-order valence-corrected chi connectivity index (χ0v) is 52.2. The molecule has 7 aromatic rings. The van der Waals surface area contributed by atoms with E-state index >= 15 is 0 Å². The molecule has 0 unspecified atom stereocenters. The van der Waals surface area contributed by atoms with Gasteiger partial charge in [-0.25, -0.2) is 4.58 Å². The number of rotatable bonds is 24. The predicted molar refractivity (Wildman–Crippen MR) is 355 cm³/mol. The van der Waals surface area contributed by atoms with Crippen LogP contribution >= 0.6 is 11.3 Å². The largest absolute Gasteiger partial charge is 0.488 e. The van der Waals surface area contributed by atoms with Crippen molar-refractivity contribution in [1.29, 1.82) is 0 Å². The van der Waals surface area contributed by atoms with Gasteiger partial charge < -0.3 is 30.3 Å². The van der Waals surface area contributed by atoms with Gasteiger partial charge in [0.05, 0.1) is 0 Å². The highest BCUT2D eigenvalue weighted by Gasteiger charge is 2.41. The van der Waals surface area contributed by atoms with Crippen molar-refractivity contribution >= 4 is 100.0 Å². The van der Waals surface area contributed by atoms with Gasteiger partial charge in [0, 0.05) is 93.0 Å². The van der Waals surface area contributed by atoms with Crippen molar-refractivity contribution in [3.63, 3.8) is 0 Å². The summed E-state index contributed by atoms with van der Waals surface area (Å²) in [4.78, 5) is 34.8. The highest BCUT2D eigenvalue weighted by Crippen LogP contribution is 2.46. The third kappa shape index (κ3) is 13.4. The van der Waals surface area contributed by atoms with Crippen molar-refractivity contribution in [2.45, 2.75) is 85.7 Å². The molecule has 6 aromatic carbocycles. The number of aryl methyl sites for hydroxylation is 1. The van der Waals surface area contributed by atoms with E-state index < -0.39 is 22.3 Å². The standard InChI is InChI=1S/C69H79B2N5O6SSi/c1-45(2)64(77)27-18-19-35-75(41-49-21-12-16-25-62(49)70(79)80)44-61-54-24-15-14-23-53(54)60(43-76(36-20-34-72-69(78)46(3)4)42-50-22-13-17-26-63(50)71(81)82)55-31-28-48(37-59(55)61)65-40-58(47(5)83-65)68-56-32-29-51(73(6)7)38-66(56)84(10,11)67-39-52(74(8)9)30-33-57(67)68/h12-17,21-26,28-33,37-40,79-82H,1,3,18-20,27,34-36,41-44H2,2,4-11H3/p+1. The quantitative estimate of drug-likeness (QED) is 0.0132. The van der Waals surface area contributed by atoms with Crippen molar-refractivity contribution < 1.29 is 34.3 Å². The minimum atomic E-state index is -2.19. The number of hydrogen-bond acceptors (Lipinski definition) is 10. The fourth-order valence-corrected chi connectivity index (χ4v) is 16.2. The summed E-state index contributed by atoms with van der Waals surface area (Å²) in [5, 5.41) is 52.6. The zero-order chi connectivity index (χ0) is 60.1. The Hall–Kier alpha value is -7.04. The van der Waals surface area contributed by atoms with Crippen LogP contribution < -0.4 is 26.3 Å². The first kappa shape index (κ1) is 61.5. The van der Waals surface area contributed by atoms with Crippen molar-refractivity contribution in [2.24, 2.45) is 0 Å². The number of benzene rings is 6. The molecule has 15 heteroatoms. The Morgan fingerprint density at radius 2 is 1.25 bits per heavy atom. The molecule has 1 amide bonds. The van der Waals surface area contributed by atoms with Crippen molar-refractivity contribution in [2.75, 3.05) is 52.7 Å². The summed E-state index contributed by atoms with van der Waals surface area (Å²) in [5.41, 5.74) is 14.3. The molecule has 1 aliphatic carbocycles. The van der Waals surface area contributed by atoms with Crippen LogP contribution in [0.5, 0.6) is 0 Å². The molecule has 0 radical (unpaired) electrons.